The van der Waals surface area contributed by atoms with E-state index in [1.165, 1.54) is 29.3 Å². The number of rotatable bonds is 6. The van der Waals surface area contributed by atoms with Gasteiger partial charge in [-0.1, -0.05) is 20.3 Å². The fourth-order valence-corrected chi connectivity index (χ4v) is 3.14. The quantitative estimate of drug-likeness (QED) is 0.814. The number of nitrogens with one attached hydrogen (secondary N) is 1. The van der Waals surface area contributed by atoms with E-state index < -0.39 is 0 Å². The maximum Gasteiger partial charge on any atom is 0.0339 e. The van der Waals surface area contributed by atoms with Crippen LogP contribution in [0, 0.1) is 0 Å². The molecule has 3 heteroatoms. The lowest BCUT2D eigenvalue weighted by molar-refractivity contribution is 0.494. The summed E-state index contributed by atoms with van der Waals surface area (Å²) in [5, 5.41) is 7.99. The Morgan fingerprint density at radius 1 is 1.36 bits per heavy atom. The number of hydrogen-bond donors (Lipinski definition) is 1. The van der Waals surface area contributed by atoms with Gasteiger partial charge in [0.15, 0.2) is 0 Å². The molecule has 0 fully saturated rings. The van der Waals surface area contributed by atoms with Crippen molar-refractivity contribution in [2.45, 2.75) is 39.2 Å². The molecule has 0 aliphatic rings. The molecule has 1 rings (SSSR count). The van der Waals surface area contributed by atoms with Gasteiger partial charge in [0.2, 0.25) is 0 Å². The van der Waals surface area contributed by atoms with Gasteiger partial charge in [-0.05, 0) is 46.3 Å². The predicted molar refractivity (Wildman–Crippen MR) is 68.0 cm³/mol. The van der Waals surface area contributed by atoms with E-state index in [0.717, 1.165) is 6.54 Å². The second kappa shape index (κ2) is 6.59. The van der Waals surface area contributed by atoms with Gasteiger partial charge in [0.25, 0.3) is 0 Å². The molecule has 1 N–H and O–H groups in total. The summed E-state index contributed by atoms with van der Waals surface area (Å²) in [6.45, 7) is 5.55. The van der Waals surface area contributed by atoms with Crippen LogP contribution in [0.3, 0.4) is 0 Å². The zero-order valence-electron chi connectivity index (χ0n) is 8.85. The first-order valence-corrected chi connectivity index (χ1v) is 6.98. The highest BCUT2D eigenvalue weighted by Crippen LogP contribution is 2.29. The van der Waals surface area contributed by atoms with Crippen LogP contribution in [0.5, 0.6) is 0 Å². The summed E-state index contributed by atoms with van der Waals surface area (Å²) in [6, 6.07) is 0.528. The van der Waals surface area contributed by atoms with E-state index >= 15 is 0 Å². The number of hydrogen-bond acceptors (Lipinski definition) is 2. The van der Waals surface area contributed by atoms with E-state index in [0.29, 0.717) is 6.04 Å². The normalized spacial score (nSPS) is 13.1. The molecule has 0 radical (unpaired) electrons. The fraction of sp³-hybridized carbons (Fsp3) is 0.636. The molecule has 0 aliphatic carbocycles. The van der Waals surface area contributed by atoms with Gasteiger partial charge in [-0.15, -0.1) is 0 Å². The van der Waals surface area contributed by atoms with Crippen LogP contribution in [0.2, 0.25) is 0 Å². The standard InChI is InChI=1S/C11H18BrNS/c1-3-5-11(13-6-4-2)9-7-14-8-10(9)12/h7-8,11,13H,3-6H2,1-2H3. The Bertz CT molecular complexity index is 260. The van der Waals surface area contributed by atoms with Crippen molar-refractivity contribution >= 4 is 27.3 Å². The minimum atomic E-state index is 0.528. The number of thiophene rings is 1. The summed E-state index contributed by atoms with van der Waals surface area (Å²) in [6.07, 6.45) is 3.64. The lowest BCUT2D eigenvalue weighted by Gasteiger charge is -2.17. The summed E-state index contributed by atoms with van der Waals surface area (Å²) in [4.78, 5) is 0. The average molecular weight is 276 g/mol. The Hall–Kier alpha value is 0.140. The average Bonchev–Trinajstić information content (AvgIpc) is 2.59. The Morgan fingerprint density at radius 2 is 2.14 bits per heavy atom. The van der Waals surface area contributed by atoms with E-state index in [4.69, 9.17) is 0 Å². The molecule has 0 spiro atoms. The van der Waals surface area contributed by atoms with E-state index in [1.54, 1.807) is 11.3 Å². The van der Waals surface area contributed by atoms with Gasteiger partial charge in [-0.25, -0.2) is 0 Å². The molecular weight excluding hydrogens is 258 g/mol. The van der Waals surface area contributed by atoms with Crippen molar-refractivity contribution in [3.8, 4) is 0 Å². The molecular formula is C11H18BrNS. The summed E-state index contributed by atoms with van der Waals surface area (Å²) < 4.78 is 1.25. The van der Waals surface area contributed by atoms with Crippen LogP contribution in [-0.2, 0) is 0 Å². The third kappa shape index (κ3) is 3.37. The van der Waals surface area contributed by atoms with E-state index in [-0.39, 0.29) is 0 Å². The summed E-state index contributed by atoms with van der Waals surface area (Å²) in [5.74, 6) is 0. The van der Waals surface area contributed by atoms with Crippen LogP contribution in [0.1, 0.15) is 44.7 Å². The van der Waals surface area contributed by atoms with Gasteiger partial charge in [0, 0.05) is 15.9 Å². The summed E-state index contributed by atoms with van der Waals surface area (Å²) in [7, 11) is 0. The molecule has 0 bridgehead atoms. The van der Waals surface area contributed by atoms with Crippen molar-refractivity contribution in [2.24, 2.45) is 0 Å². The highest BCUT2D eigenvalue weighted by molar-refractivity contribution is 9.10. The van der Waals surface area contributed by atoms with Crippen LogP contribution < -0.4 is 5.32 Å². The van der Waals surface area contributed by atoms with Crippen LogP contribution in [0.4, 0.5) is 0 Å². The summed E-state index contributed by atoms with van der Waals surface area (Å²) >= 11 is 5.37. The maximum atomic E-state index is 3.60. The monoisotopic (exact) mass is 275 g/mol. The van der Waals surface area contributed by atoms with Gasteiger partial charge >= 0.3 is 0 Å². The van der Waals surface area contributed by atoms with Crippen LogP contribution >= 0.6 is 27.3 Å². The second-order valence-corrected chi connectivity index (χ2v) is 5.07. The van der Waals surface area contributed by atoms with Gasteiger partial charge in [-0.2, -0.15) is 11.3 Å². The van der Waals surface area contributed by atoms with Gasteiger partial charge in [-0.3, -0.25) is 0 Å². The molecule has 1 aromatic rings. The van der Waals surface area contributed by atoms with Crippen molar-refractivity contribution in [2.75, 3.05) is 6.54 Å². The molecule has 0 aliphatic heterocycles. The van der Waals surface area contributed by atoms with E-state index in [1.807, 2.05) is 0 Å². The van der Waals surface area contributed by atoms with Crippen molar-refractivity contribution < 1.29 is 0 Å². The Kier molecular flexibility index (Phi) is 5.75. The van der Waals surface area contributed by atoms with Gasteiger partial charge < -0.3 is 5.32 Å². The molecule has 1 atom stereocenters. The highest BCUT2D eigenvalue weighted by Gasteiger charge is 2.13. The SMILES string of the molecule is CCCNC(CCC)c1cscc1Br. The first kappa shape index (κ1) is 12.2. The third-order valence-electron chi connectivity index (χ3n) is 2.24. The van der Waals surface area contributed by atoms with E-state index in [9.17, 15) is 0 Å². The number of halogens is 1. The molecule has 1 heterocycles. The van der Waals surface area contributed by atoms with E-state index in [2.05, 4.69) is 45.9 Å². The molecule has 1 nitrogen and oxygen atoms in total. The smallest absolute Gasteiger partial charge is 0.0339 e. The van der Waals surface area contributed by atoms with Crippen LogP contribution in [-0.4, -0.2) is 6.54 Å². The molecule has 14 heavy (non-hydrogen) atoms. The molecule has 1 unspecified atom stereocenters. The third-order valence-corrected chi connectivity index (χ3v) is 3.99. The minimum Gasteiger partial charge on any atom is -0.310 e. The van der Waals surface area contributed by atoms with Crippen molar-refractivity contribution in [1.82, 2.24) is 5.32 Å². The molecule has 0 amide bonds. The van der Waals surface area contributed by atoms with Crippen LogP contribution in [0.25, 0.3) is 0 Å². The van der Waals surface area contributed by atoms with Crippen molar-refractivity contribution in [1.29, 1.82) is 0 Å². The zero-order valence-corrected chi connectivity index (χ0v) is 11.2. The summed E-state index contributed by atoms with van der Waals surface area (Å²) in [5.41, 5.74) is 1.42. The van der Waals surface area contributed by atoms with Gasteiger partial charge in [0.1, 0.15) is 0 Å². The van der Waals surface area contributed by atoms with Gasteiger partial charge in [0.05, 0.1) is 0 Å². The minimum absolute atomic E-state index is 0.528. The molecule has 0 saturated carbocycles. The maximum absolute atomic E-state index is 3.60. The predicted octanol–water partition coefficient (Wildman–Crippen LogP) is 4.35. The molecule has 0 aromatic carbocycles. The largest absolute Gasteiger partial charge is 0.310 e. The first-order chi connectivity index (χ1) is 6.79. The lowest BCUT2D eigenvalue weighted by atomic mass is 10.1. The van der Waals surface area contributed by atoms with Crippen LogP contribution in [0.15, 0.2) is 15.2 Å². The second-order valence-electron chi connectivity index (χ2n) is 3.47. The van der Waals surface area contributed by atoms with Crippen molar-refractivity contribution in [3.05, 3.63) is 20.8 Å². The highest BCUT2D eigenvalue weighted by atomic mass is 79.9. The Labute approximate surface area is 99.0 Å². The Morgan fingerprint density at radius 3 is 2.64 bits per heavy atom. The molecule has 80 valence electrons. The fourth-order valence-electron chi connectivity index (χ4n) is 1.51. The topological polar surface area (TPSA) is 12.0 Å². The Balaban J connectivity index is 2.62. The zero-order chi connectivity index (χ0) is 10.4. The first-order valence-electron chi connectivity index (χ1n) is 5.24. The lowest BCUT2D eigenvalue weighted by Crippen LogP contribution is -2.21. The van der Waals surface area contributed by atoms with Crippen molar-refractivity contribution in [3.63, 3.8) is 0 Å². The molecule has 1 aromatic heterocycles. The molecule has 0 saturated heterocycles.